The lowest BCUT2D eigenvalue weighted by Gasteiger charge is -2.19. The molecule has 0 aliphatic carbocycles. The highest BCUT2D eigenvalue weighted by atomic mass is 79.9. The lowest BCUT2D eigenvalue weighted by atomic mass is 10.1. The summed E-state index contributed by atoms with van der Waals surface area (Å²) in [5, 5.41) is 0. The van der Waals surface area contributed by atoms with E-state index in [2.05, 4.69) is 77.0 Å². The fourth-order valence-electron chi connectivity index (χ4n) is 2.01. The van der Waals surface area contributed by atoms with E-state index in [9.17, 15) is 0 Å². The predicted octanol–water partition coefficient (Wildman–Crippen LogP) is 4.14. The van der Waals surface area contributed by atoms with Gasteiger partial charge in [0.05, 0.1) is 0 Å². The Hall–Kier alpha value is -1.35. The number of pyridine rings is 1. The normalized spacial score (nSPS) is 10.5. The van der Waals surface area contributed by atoms with Gasteiger partial charge in [0.15, 0.2) is 0 Å². The first kappa shape index (κ1) is 14.1. The van der Waals surface area contributed by atoms with Crippen LogP contribution in [0.1, 0.15) is 16.7 Å². The van der Waals surface area contributed by atoms with Gasteiger partial charge in [-0.15, -0.1) is 0 Å². The topological polar surface area (TPSA) is 16.1 Å². The molecule has 3 heteroatoms. The molecule has 100 valence electrons. The first-order valence-electron chi connectivity index (χ1n) is 6.45. The smallest absolute Gasteiger partial charge is 0.128 e. The summed E-state index contributed by atoms with van der Waals surface area (Å²) in [5.74, 6) is 1.02. The van der Waals surface area contributed by atoms with Gasteiger partial charge < -0.3 is 4.90 Å². The van der Waals surface area contributed by atoms with Gasteiger partial charge in [0, 0.05) is 24.3 Å². The molecule has 0 aliphatic heterocycles. The fourth-order valence-corrected chi connectivity index (χ4v) is 2.23. The number of nitrogens with zero attached hydrogens (tertiary/aromatic N) is 2. The third-order valence-electron chi connectivity index (χ3n) is 3.24. The van der Waals surface area contributed by atoms with Crippen LogP contribution < -0.4 is 4.90 Å². The summed E-state index contributed by atoms with van der Waals surface area (Å²) >= 11 is 3.48. The van der Waals surface area contributed by atoms with Crippen molar-refractivity contribution in [2.24, 2.45) is 0 Å². The van der Waals surface area contributed by atoms with Gasteiger partial charge in [-0.25, -0.2) is 4.98 Å². The number of rotatable bonds is 4. The summed E-state index contributed by atoms with van der Waals surface area (Å²) < 4.78 is 1.06. The molecule has 2 rings (SSSR count). The highest BCUT2D eigenvalue weighted by Crippen LogP contribution is 2.19. The Morgan fingerprint density at radius 3 is 2.68 bits per heavy atom. The Balaban J connectivity index is 2.01. The van der Waals surface area contributed by atoms with Crippen molar-refractivity contribution in [3.8, 4) is 0 Å². The van der Waals surface area contributed by atoms with Crippen molar-refractivity contribution in [3.05, 3.63) is 57.7 Å². The van der Waals surface area contributed by atoms with Crippen LogP contribution in [0.3, 0.4) is 0 Å². The van der Waals surface area contributed by atoms with E-state index in [1.807, 2.05) is 6.20 Å². The van der Waals surface area contributed by atoms with Crippen LogP contribution in [0, 0.1) is 13.8 Å². The molecule has 2 aromatic rings. The molecule has 1 aromatic heterocycles. The van der Waals surface area contributed by atoms with Crippen LogP contribution in [0.25, 0.3) is 0 Å². The SMILES string of the molecule is Cc1cccc(CCN(C)c2cc(C)c(Br)cn2)c1. The average molecular weight is 319 g/mol. The van der Waals surface area contributed by atoms with Crippen LogP contribution >= 0.6 is 15.9 Å². The summed E-state index contributed by atoms with van der Waals surface area (Å²) in [6.45, 7) is 5.19. The Morgan fingerprint density at radius 1 is 1.21 bits per heavy atom. The summed E-state index contributed by atoms with van der Waals surface area (Å²) in [6, 6.07) is 10.8. The second kappa shape index (κ2) is 6.20. The Morgan fingerprint density at radius 2 is 2.00 bits per heavy atom. The zero-order valence-electron chi connectivity index (χ0n) is 11.7. The van der Waals surface area contributed by atoms with Crippen LogP contribution in [0.5, 0.6) is 0 Å². The molecule has 0 saturated heterocycles. The summed E-state index contributed by atoms with van der Waals surface area (Å²) in [5.41, 5.74) is 3.91. The fraction of sp³-hybridized carbons (Fsp3) is 0.312. The van der Waals surface area contributed by atoms with Crippen molar-refractivity contribution in [2.45, 2.75) is 20.3 Å². The monoisotopic (exact) mass is 318 g/mol. The van der Waals surface area contributed by atoms with Gasteiger partial charge in [-0.2, -0.15) is 0 Å². The standard InChI is InChI=1S/C16H19BrN2/c1-12-5-4-6-14(9-12)7-8-19(3)16-10-13(2)15(17)11-18-16/h4-6,9-11H,7-8H2,1-3H3. The van der Waals surface area contributed by atoms with Crippen LogP contribution in [0.2, 0.25) is 0 Å². The molecule has 0 radical (unpaired) electrons. The van der Waals surface area contributed by atoms with Gasteiger partial charge in [0.1, 0.15) is 5.82 Å². The first-order chi connectivity index (χ1) is 9.06. The summed E-state index contributed by atoms with van der Waals surface area (Å²) in [6.07, 6.45) is 2.91. The molecule has 0 atom stereocenters. The second-order valence-electron chi connectivity index (χ2n) is 4.95. The maximum atomic E-state index is 4.45. The zero-order valence-corrected chi connectivity index (χ0v) is 13.2. The van der Waals surface area contributed by atoms with Gasteiger partial charge in [-0.05, 0) is 53.4 Å². The average Bonchev–Trinajstić information content (AvgIpc) is 2.39. The summed E-state index contributed by atoms with van der Waals surface area (Å²) in [7, 11) is 2.09. The summed E-state index contributed by atoms with van der Waals surface area (Å²) in [4.78, 5) is 6.64. The highest BCUT2D eigenvalue weighted by molar-refractivity contribution is 9.10. The lowest BCUT2D eigenvalue weighted by molar-refractivity contribution is 0.857. The zero-order chi connectivity index (χ0) is 13.8. The maximum absolute atomic E-state index is 4.45. The third kappa shape index (κ3) is 3.80. The van der Waals surface area contributed by atoms with Crippen molar-refractivity contribution >= 4 is 21.7 Å². The maximum Gasteiger partial charge on any atom is 0.128 e. The van der Waals surface area contributed by atoms with Crippen molar-refractivity contribution in [3.63, 3.8) is 0 Å². The van der Waals surface area contributed by atoms with Gasteiger partial charge in [-0.1, -0.05) is 29.8 Å². The molecule has 1 heterocycles. The molecule has 19 heavy (non-hydrogen) atoms. The van der Waals surface area contributed by atoms with E-state index >= 15 is 0 Å². The molecule has 0 fully saturated rings. The molecule has 0 saturated carbocycles. The largest absolute Gasteiger partial charge is 0.359 e. The highest BCUT2D eigenvalue weighted by Gasteiger charge is 2.05. The van der Waals surface area contributed by atoms with Gasteiger partial charge in [-0.3, -0.25) is 0 Å². The minimum Gasteiger partial charge on any atom is -0.359 e. The molecule has 0 amide bonds. The van der Waals surface area contributed by atoms with Crippen molar-refractivity contribution in [1.29, 1.82) is 0 Å². The number of hydrogen-bond donors (Lipinski definition) is 0. The predicted molar refractivity (Wildman–Crippen MR) is 84.8 cm³/mol. The number of halogens is 1. The molecule has 2 nitrogen and oxygen atoms in total. The minimum absolute atomic E-state index is 0.970. The third-order valence-corrected chi connectivity index (χ3v) is 4.07. The number of hydrogen-bond acceptors (Lipinski definition) is 2. The van der Waals surface area contributed by atoms with E-state index in [-0.39, 0.29) is 0 Å². The van der Waals surface area contributed by atoms with E-state index in [4.69, 9.17) is 0 Å². The number of aromatic nitrogens is 1. The number of anilines is 1. The molecule has 0 bridgehead atoms. The van der Waals surface area contributed by atoms with E-state index in [0.29, 0.717) is 0 Å². The van der Waals surface area contributed by atoms with Gasteiger partial charge in [0.2, 0.25) is 0 Å². The molecule has 0 spiro atoms. The lowest BCUT2D eigenvalue weighted by Crippen LogP contribution is -2.21. The first-order valence-corrected chi connectivity index (χ1v) is 7.24. The molecular formula is C16H19BrN2. The number of aryl methyl sites for hydroxylation is 2. The molecule has 0 unspecified atom stereocenters. The Bertz CT molecular complexity index is 566. The minimum atomic E-state index is 0.970. The molecule has 0 N–H and O–H groups in total. The molecule has 1 aromatic carbocycles. The Labute approximate surface area is 123 Å². The van der Waals surface area contributed by atoms with Crippen LogP contribution in [0.15, 0.2) is 41.0 Å². The van der Waals surface area contributed by atoms with Gasteiger partial charge in [0.25, 0.3) is 0 Å². The number of likely N-dealkylation sites (N-methyl/N-ethyl adjacent to an activating group) is 1. The molecule has 0 aliphatic rings. The van der Waals surface area contributed by atoms with E-state index in [1.165, 1.54) is 16.7 Å². The van der Waals surface area contributed by atoms with E-state index in [0.717, 1.165) is 23.3 Å². The molecular weight excluding hydrogens is 300 g/mol. The van der Waals surface area contributed by atoms with Crippen LogP contribution in [-0.2, 0) is 6.42 Å². The van der Waals surface area contributed by atoms with E-state index < -0.39 is 0 Å². The van der Waals surface area contributed by atoms with Crippen molar-refractivity contribution < 1.29 is 0 Å². The van der Waals surface area contributed by atoms with Gasteiger partial charge >= 0.3 is 0 Å². The van der Waals surface area contributed by atoms with Crippen molar-refractivity contribution in [2.75, 3.05) is 18.5 Å². The van der Waals surface area contributed by atoms with Crippen LogP contribution in [-0.4, -0.2) is 18.6 Å². The second-order valence-corrected chi connectivity index (χ2v) is 5.81. The Kier molecular flexibility index (Phi) is 4.59. The number of benzene rings is 1. The van der Waals surface area contributed by atoms with E-state index in [1.54, 1.807) is 0 Å². The van der Waals surface area contributed by atoms with Crippen molar-refractivity contribution in [1.82, 2.24) is 4.98 Å². The quantitative estimate of drug-likeness (QED) is 0.842. The van der Waals surface area contributed by atoms with Crippen LogP contribution in [0.4, 0.5) is 5.82 Å².